The van der Waals surface area contributed by atoms with Crippen LogP contribution in [-0.2, 0) is 17.7 Å². The van der Waals surface area contributed by atoms with Crippen molar-refractivity contribution in [1.82, 2.24) is 9.58 Å². The quantitative estimate of drug-likeness (QED) is 0.328. The Hall–Kier alpha value is -3.57. The molecule has 4 rings (SSSR count). The highest BCUT2D eigenvalue weighted by atomic mass is 32.1. The summed E-state index contributed by atoms with van der Waals surface area (Å²) in [7, 11) is 1.56. The minimum atomic E-state index is -0.964. The molecule has 0 bridgehead atoms. The van der Waals surface area contributed by atoms with Crippen LogP contribution in [0.4, 0.5) is 8.78 Å². The van der Waals surface area contributed by atoms with Crippen molar-refractivity contribution in [1.29, 1.82) is 0 Å². The van der Waals surface area contributed by atoms with Crippen molar-refractivity contribution in [3.8, 4) is 5.75 Å². The van der Waals surface area contributed by atoms with Gasteiger partial charge in [-0.3, -0.25) is 24.1 Å². The van der Waals surface area contributed by atoms with Crippen molar-refractivity contribution in [2.45, 2.75) is 25.8 Å². The fraction of sp³-hybridized carbons (Fsp3) is 0.320. The predicted octanol–water partition coefficient (Wildman–Crippen LogP) is 3.30. The average Bonchev–Trinajstić information content (AvgIpc) is 3.36. The summed E-state index contributed by atoms with van der Waals surface area (Å²) in [6, 6.07) is 6.87. The van der Waals surface area contributed by atoms with E-state index in [1.165, 1.54) is 33.2 Å². The van der Waals surface area contributed by atoms with E-state index >= 15 is 0 Å². The number of amides is 1. The van der Waals surface area contributed by atoms with Crippen LogP contribution in [0.15, 0.2) is 46.7 Å². The first-order chi connectivity index (χ1) is 17.3. The normalized spacial score (nSPS) is 13.2. The minimum Gasteiger partial charge on any atom is -0.502 e. The van der Waals surface area contributed by atoms with Crippen molar-refractivity contribution >= 4 is 23.0 Å². The third-order valence-corrected chi connectivity index (χ3v) is 6.79. The van der Waals surface area contributed by atoms with E-state index in [1.807, 2.05) is 17.5 Å². The van der Waals surface area contributed by atoms with E-state index in [-0.39, 0.29) is 36.3 Å². The molecular weight excluding hydrogens is 492 g/mol. The standard InChI is InChI=1S/C25H25F2N3O5S/c1-35-10-3-9-28-15-29(13-18-4-2-11-36-18)30-14-19(23(32)24(33)22(30)25(28)34)21(31)8-6-16-5-7-17(26)12-20(16)27/h2,4-5,7,11-12,14,33H,3,6,8-10,13,15H2,1H3. The van der Waals surface area contributed by atoms with Gasteiger partial charge in [0.25, 0.3) is 5.91 Å². The van der Waals surface area contributed by atoms with E-state index in [2.05, 4.69) is 0 Å². The molecule has 2 aromatic heterocycles. The molecule has 0 aliphatic carbocycles. The highest BCUT2D eigenvalue weighted by Gasteiger charge is 2.34. The van der Waals surface area contributed by atoms with Crippen LogP contribution in [0.2, 0.25) is 0 Å². The molecule has 3 heterocycles. The van der Waals surface area contributed by atoms with E-state index in [0.717, 1.165) is 17.0 Å². The Labute approximate surface area is 209 Å². The van der Waals surface area contributed by atoms with Crippen LogP contribution in [-0.4, -0.2) is 53.3 Å². The van der Waals surface area contributed by atoms with Gasteiger partial charge in [0.2, 0.25) is 5.43 Å². The van der Waals surface area contributed by atoms with Crippen LogP contribution in [0.3, 0.4) is 0 Å². The second-order valence-electron chi connectivity index (χ2n) is 8.37. The number of fused-ring (bicyclic) bond motifs is 1. The molecule has 36 heavy (non-hydrogen) atoms. The van der Waals surface area contributed by atoms with Gasteiger partial charge >= 0.3 is 0 Å². The van der Waals surface area contributed by atoms with Gasteiger partial charge in [0, 0.05) is 43.8 Å². The van der Waals surface area contributed by atoms with Crippen LogP contribution < -0.4 is 10.4 Å². The Balaban J connectivity index is 1.66. The molecule has 0 saturated heterocycles. The first-order valence-electron chi connectivity index (χ1n) is 11.3. The monoisotopic (exact) mass is 517 g/mol. The number of carbonyl (C=O) groups excluding carboxylic acids is 2. The lowest BCUT2D eigenvalue weighted by Crippen LogP contribution is -2.54. The number of aryl methyl sites for hydroxylation is 1. The van der Waals surface area contributed by atoms with E-state index in [9.17, 15) is 28.3 Å². The molecule has 0 saturated carbocycles. The van der Waals surface area contributed by atoms with Crippen molar-refractivity contribution in [3.63, 3.8) is 0 Å². The molecule has 11 heteroatoms. The SMILES string of the molecule is COCCCN1CN(Cc2cccs2)n2cc(C(=O)CCc3ccc(F)cc3F)c(=O)c(O)c2C1=O. The van der Waals surface area contributed by atoms with Gasteiger partial charge in [-0.2, -0.15) is 0 Å². The zero-order valence-electron chi connectivity index (χ0n) is 19.6. The second kappa shape index (κ2) is 11.0. The van der Waals surface area contributed by atoms with Gasteiger partial charge in [0.05, 0.1) is 12.1 Å². The fourth-order valence-corrected chi connectivity index (χ4v) is 4.79. The Morgan fingerprint density at radius 2 is 2.03 bits per heavy atom. The summed E-state index contributed by atoms with van der Waals surface area (Å²) < 4.78 is 33.6. The van der Waals surface area contributed by atoms with E-state index < -0.39 is 34.5 Å². The molecule has 0 unspecified atom stereocenters. The van der Waals surface area contributed by atoms with Gasteiger partial charge < -0.3 is 14.7 Å². The number of methoxy groups -OCH3 is 1. The largest absolute Gasteiger partial charge is 0.502 e. The van der Waals surface area contributed by atoms with Gasteiger partial charge in [-0.05, 0) is 35.9 Å². The summed E-state index contributed by atoms with van der Waals surface area (Å²) in [6.45, 7) is 1.33. The zero-order valence-corrected chi connectivity index (χ0v) is 20.4. The van der Waals surface area contributed by atoms with Crippen molar-refractivity contribution in [3.05, 3.63) is 85.5 Å². The molecule has 0 atom stereocenters. The maximum absolute atomic E-state index is 14.0. The molecule has 0 radical (unpaired) electrons. The second-order valence-corrected chi connectivity index (χ2v) is 9.41. The summed E-state index contributed by atoms with van der Waals surface area (Å²) in [4.78, 5) is 41.5. The molecule has 190 valence electrons. The molecule has 1 N–H and O–H groups in total. The van der Waals surface area contributed by atoms with Crippen LogP contribution in [0.5, 0.6) is 5.75 Å². The van der Waals surface area contributed by atoms with Crippen molar-refractivity contribution in [2.24, 2.45) is 0 Å². The summed E-state index contributed by atoms with van der Waals surface area (Å²) in [5.41, 5.74) is -1.36. The smallest absolute Gasteiger partial charge is 0.277 e. The lowest BCUT2D eigenvalue weighted by atomic mass is 10.0. The summed E-state index contributed by atoms with van der Waals surface area (Å²) >= 11 is 1.51. The van der Waals surface area contributed by atoms with Crippen LogP contribution in [0.25, 0.3) is 0 Å². The van der Waals surface area contributed by atoms with Gasteiger partial charge in [0.1, 0.15) is 18.3 Å². The zero-order chi connectivity index (χ0) is 25.8. The number of aromatic hydroxyl groups is 1. The van der Waals surface area contributed by atoms with Crippen molar-refractivity contribution in [2.75, 3.05) is 31.9 Å². The van der Waals surface area contributed by atoms with Gasteiger partial charge in [-0.1, -0.05) is 12.1 Å². The number of aromatic nitrogens is 1. The number of thiophene rings is 1. The topological polar surface area (TPSA) is 92.1 Å². The number of carbonyl (C=O) groups is 2. The highest BCUT2D eigenvalue weighted by Crippen LogP contribution is 2.24. The Bertz CT molecular complexity index is 1330. The third-order valence-electron chi connectivity index (χ3n) is 5.92. The first kappa shape index (κ1) is 25.5. The minimum absolute atomic E-state index is 0.0575. The summed E-state index contributed by atoms with van der Waals surface area (Å²) in [6.07, 6.45) is 1.53. The van der Waals surface area contributed by atoms with E-state index in [4.69, 9.17) is 4.74 Å². The third kappa shape index (κ3) is 5.31. The molecule has 1 aromatic carbocycles. The Morgan fingerprint density at radius 3 is 2.72 bits per heavy atom. The lowest BCUT2D eigenvalue weighted by Gasteiger charge is -2.39. The van der Waals surface area contributed by atoms with Gasteiger partial charge in [-0.25, -0.2) is 8.78 Å². The molecular formula is C25H25F2N3O5S. The van der Waals surface area contributed by atoms with E-state index in [1.54, 1.807) is 12.1 Å². The maximum atomic E-state index is 14.0. The predicted molar refractivity (Wildman–Crippen MR) is 130 cm³/mol. The summed E-state index contributed by atoms with van der Waals surface area (Å²) in [5, 5.41) is 14.4. The van der Waals surface area contributed by atoms with E-state index in [0.29, 0.717) is 26.1 Å². The summed E-state index contributed by atoms with van der Waals surface area (Å²) in [5.74, 6) is -3.48. The number of hydrogen-bond donors (Lipinski definition) is 1. The molecule has 3 aromatic rings. The number of rotatable bonds is 10. The number of hydrogen-bond acceptors (Lipinski definition) is 7. The first-order valence-corrected chi connectivity index (χ1v) is 12.2. The number of nitrogens with zero attached hydrogens (tertiary/aromatic N) is 3. The Kier molecular flexibility index (Phi) is 7.80. The molecule has 1 aliphatic rings. The maximum Gasteiger partial charge on any atom is 0.277 e. The highest BCUT2D eigenvalue weighted by molar-refractivity contribution is 7.09. The number of Topliss-reactive ketones (excluding diaryl/α,β-unsaturated/α-hetero) is 1. The number of ether oxygens (including phenoxy) is 1. The fourth-order valence-electron chi connectivity index (χ4n) is 4.08. The number of benzene rings is 1. The Morgan fingerprint density at radius 1 is 1.22 bits per heavy atom. The van der Waals surface area contributed by atoms with Crippen LogP contribution >= 0.6 is 11.3 Å². The van der Waals surface area contributed by atoms with Crippen molar-refractivity contribution < 1.29 is 28.2 Å². The number of pyridine rings is 1. The van der Waals surface area contributed by atoms with Crippen LogP contribution in [0, 0.1) is 11.6 Å². The average molecular weight is 518 g/mol. The van der Waals surface area contributed by atoms with Gasteiger partial charge in [0.15, 0.2) is 17.2 Å². The number of halogens is 2. The molecule has 0 fully saturated rings. The van der Waals surface area contributed by atoms with Gasteiger partial charge in [-0.15, -0.1) is 11.3 Å². The van der Waals surface area contributed by atoms with Crippen LogP contribution in [0.1, 0.15) is 44.1 Å². The molecule has 1 amide bonds. The lowest BCUT2D eigenvalue weighted by molar-refractivity contribution is 0.0664. The molecule has 1 aliphatic heterocycles. The molecule has 8 nitrogen and oxygen atoms in total. The molecule has 0 spiro atoms. The number of ketones is 1.